The number of nitrogens with zero attached hydrogens (tertiary/aromatic N) is 3. The number of hydrogen-bond acceptors (Lipinski definition) is 3. The molecule has 0 amide bonds. The average molecular weight is 302 g/mol. The number of aryl methyl sites for hydroxylation is 1. The zero-order valence-electron chi connectivity index (χ0n) is 8.61. The molecule has 0 bridgehead atoms. The lowest BCUT2D eigenvalue weighted by Gasteiger charge is -2.05. The van der Waals surface area contributed by atoms with Crippen LogP contribution in [-0.2, 0) is 13.6 Å². The molecular formula is C10H10BrClN4. The number of halogens is 2. The Morgan fingerprint density at radius 3 is 2.94 bits per heavy atom. The van der Waals surface area contributed by atoms with E-state index < -0.39 is 0 Å². The van der Waals surface area contributed by atoms with Crippen molar-refractivity contribution in [3.05, 3.63) is 39.8 Å². The van der Waals surface area contributed by atoms with E-state index in [-0.39, 0.29) is 0 Å². The molecule has 84 valence electrons. The Morgan fingerprint density at radius 1 is 1.50 bits per heavy atom. The van der Waals surface area contributed by atoms with Crippen LogP contribution < -0.4 is 5.32 Å². The van der Waals surface area contributed by atoms with E-state index in [0.717, 1.165) is 15.7 Å². The smallest absolute Gasteiger partial charge is 0.143 e. The maximum atomic E-state index is 5.80. The maximum Gasteiger partial charge on any atom is 0.143 e. The normalized spacial score (nSPS) is 10.4. The number of aromatic nitrogens is 3. The first-order chi connectivity index (χ1) is 7.65. The van der Waals surface area contributed by atoms with Crippen molar-refractivity contribution in [1.82, 2.24) is 14.8 Å². The van der Waals surface area contributed by atoms with Crippen molar-refractivity contribution in [2.45, 2.75) is 6.54 Å². The molecule has 0 atom stereocenters. The largest absolute Gasteiger partial charge is 0.380 e. The summed E-state index contributed by atoms with van der Waals surface area (Å²) in [6.07, 6.45) is 5.49. The topological polar surface area (TPSA) is 42.7 Å². The molecule has 0 saturated carbocycles. The van der Waals surface area contributed by atoms with E-state index in [1.165, 1.54) is 0 Å². The summed E-state index contributed by atoms with van der Waals surface area (Å²) >= 11 is 9.13. The number of pyridine rings is 1. The molecule has 6 heteroatoms. The fraction of sp³-hybridized carbons (Fsp3) is 0.200. The van der Waals surface area contributed by atoms with Gasteiger partial charge in [-0.25, -0.2) is 4.98 Å². The van der Waals surface area contributed by atoms with Gasteiger partial charge in [0, 0.05) is 25.4 Å². The Hall–Kier alpha value is -1.07. The van der Waals surface area contributed by atoms with Crippen molar-refractivity contribution in [3.63, 3.8) is 0 Å². The zero-order valence-corrected chi connectivity index (χ0v) is 11.0. The van der Waals surface area contributed by atoms with Crippen LogP contribution in [0.2, 0.25) is 5.15 Å². The number of hydrogen-bond donors (Lipinski definition) is 1. The monoisotopic (exact) mass is 300 g/mol. The zero-order chi connectivity index (χ0) is 11.5. The lowest BCUT2D eigenvalue weighted by molar-refractivity contribution is 0.767. The molecule has 0 fully saturated rings. The molecule has 2 rings (SSSR count). The van der Waals surface area contributed by atoms with Gasteiger partial charge >= 0.3 is 0 Å². The Kier molecular flexibility index (Phi) is 3.46. The number of nitrogens with one attached hydrogen (secondary N) is 1. The van der Waals surface area contributed by atoms with E-state index in [2.05, 4.69) is 31.3 Å². The summed E-state index contributed by atoms with van der Waals surface area (Å²) in [5.74, 6) is 0. The van der Waals surface area contributed by atoms with Gasteiger partial charge in [-0.15, -0.1) is 0 Å². The van der Waals surface area contributed by atoms with Gasteiger partial charge in [-0.2, -0.15) is 5.10 Å². The van der Waals surface area contributed by atoms with Gasteiger partial charge in [0.2, 0.25) is 0 Å². The predicted molar refractivity (Wildman–Crippen MR) is 67.5 cm³/mol. The minimum Gasteiger partial charge on any atom is -0.380 e. The highest BCUT2D eigenvalue weighted by molar-refractivity contribution is 9.10. The fourth-order valence-electron chi connectivity index (χ4n) is 1.29. The molecular weight excluding hydrogens is 291 g/mol. The van der Waals surface area contributed by atoms with Gasteiger partial charge in [-0.05, 0) is 22.0 Å². The second-order valence-electron chi connectivity index (χ2n) is 3.37. The van der Waals surface area contributed by atoms with E-state index in [9.17, 15) is 0 Å². The van der Waals surface area contributed by atoms with Crippen LogP contribution in [0, 0.1) is 0 Å². The molecule has 0 unspecified atom stereocenters. The SMILES string of the molecule is Cn1cc(CNc2cnc(Cl)c(Br)c2)cn1. The van der Waals surface area contributed by atoms with Crippen LogP contribution in [0.4, 0.5) is 5.69 Å². The highest BCUT2D eigenvalue weighted by Crippen LogP contribution is 2.23. The van der Waals surface area contributed by atoms with Crippen LogP contribution in [0.15, 0.2) is 29.1 Å². The number of rotatable bonds is 3. The van der Waals surface area contributed by atoms with Gasteiger partial charge in [0.15, 0.2) is 0 Å². The maximum absolute atomic E-state index is 5.80. The number of anilines is 1. The van der Waals surface area contributed by atoms with Crippen LogP contribution in [0.5, 0.6) is 0 Å². The van der Waals surface area contributed by atoms with Crippen LogP contribution >= 0.6 is 27.5 Å². The summed E-state index contributed by atoms with van der Waals surface area (Å²) < 4.78 is 2.55. The Balaban J connectivity index is 2.02. The molecule has 2 aromatic rings. The Bertz CT molecular complexity index is 497. The quantitative estimate of drug-likeness (QED) is 0.887. The average Bonchev–Trinajstić information content (AvgIpc) is 2.66. The third-order valence-corrected chi connectivity index (χ3v) is 3.19. The Labute approximate surface area is 107 Å². The van der Waals surface area contributed by atoms with E-state index in [1.54, 1.807) is 10.9 Å². The van der Waals surface area contributed by atoms with Gasteiger partial charge in [0.25, 0.3) is 0 Å². The van der Waals surface area contributed by atoms with Crippen molar-refractivity contribution in [3.8, 4) is 0 Å². The van der Waals surface area contributed by atoms with E-state index in [4.69, 9.17) is 11.6 Å². The van der Waals surface area contributed by atoms with E-state index in [0.29, 0.717) is 11.7 Å². The highest BCUT2D eigenvalue weighted by Gasteiger charge is 2.01. The molecule has 2 heterocycles. The summed E-state index contributed by atoms with van der Waals surface area (Å²) in [5, 5.41) is 7.79. The third kappa shape index (κ3) is 2.74. The molecule has 2 aromatic heterocycles. The first-order valence-electron chi connectivity index (χ1n) is 4.67. The highest BCUT2D eigenvalue weighted by atomic mass is 79.9. The van der Waals surface area contributed by atoms with Gasteiger partial charge in [0.1, 0.15) is 5.15 Å². The fourth-order valence-corrected chi connectivity index (χ4v) is 1.74. The van der Waals surface area contributed by atoms with Crippen molar-refractivity contribution in [2.75, 3.05) is 5.32 Å². The Morgan fingerprint density at radius 2 is 2.31 bits per heavy atom. The predicted octanol–water partition coefficient (Wildman–Crippen LogP) is 2.84. The van der Waals surface area contributed by atoms with Gasteiger partial charge < -0.3 is 5.32 Å². The summed E-state index contributed by atoms with van der Waals surface area (Å²) in [6, 6.07) is 1.89. The molecule has 0 aromatic carbocycles. The molecule has 0 aliphatic heterocycles. The minimum absolute atomic E-state index is 0.465. The van der Waals surface area contributed by atoms with Crippen molar-refractivity contribution in [1.29, 1.82) is 0 Å². The summed E-state index contributed by atoms with van der Waals surface area (Å²) in [4.78, 5) is 4.03. The van der Waals surface area contributed by atoms with Gasteiger partial charge in [-0.1, -0.05) is 11.6 Å². The van der Waals surface area contributed by atoms with Crippen molar-refractivity contribution < 1.29 is 0 Å². The van der Waals surface area contributed by atoms with Crippen LogP contribution in [-0.4, -0.2) is 14.8 Å². The van der Waals surface area contributed by atoms with Crippen molar-refractivity contribution >= 4 is 33.2 Å². The molecule has 0 aliphatic rings. The second kappa shape index (κ2) is 4.84. The first kappa shape index (κ1) is 11.4. The first-order valence-corrected chi connectivity index (χ1v) is 5.84. The van der Waals surface area contributed by atoms with Gasteiger partial charge in [-0.3, -0.25) is 4.68 Å². The molecule has 16 heavy (non-hydrogen) atoms. The van der Waals surface area contributed by atoms with Crippen molar-refractivity contribution in [2.24, 2.45) is 7.05 Å². The van der Waals surface area contributed by atoms with E-state index >= 15 is 0 Å². The lowest BCUT2D eigenvalue weighted by atomic mass is 10.3. The molecule has 0 saturated heterocycles. The van der Waals surface area contributed by atoms with Crippen LogP contribution in [0.1, 0.15) is 5.56 Å². The summed E-state index contributed by atoms with van der Waals surface area (Å²) in [5.41, 5.74) is 2.04. The third-order valence-electron chi connectivity index (χ3n) is 2.05. The molecule has 0 radical (unpaired) electrons. The minimum atomic E-state index is 0.465. The second-order valence-corrected chi connectivity index (χ2v) is 4.58. The van der Waals surface area contributed by atoms with Crippen LogP contribution in [0.3, 0.4) is 0 Å². The lowest BCUT2D eigenvalue weighted by Crippen LogP contribution is -1.99. The van der Waals surface area contributed by atoms with Crippen LogP contribution in [0.25, 0.3) is 0 Å². The standard InChI is InChI=1S/C10H10BrClN4/c1-16-6-7(4-15-16)3-13-8-2-9(11)10(12)14-5-8/h2,4-6,13H,3H2,1H3. The molecule has 0 aliphatic carbocycles. The molecule has 4 nitrogen and oxygen atoms in total. The van der Waals surface area contributed by atoms with E-state index in [1.807, 2.05) is 25.5 Å². The summed E-state index contributed by atoms with van der Waals surface area (Å²) in [7, 11) is 1.89. The molecule has 1 N–H and O–H groups in total. The molecule has 0 spiro atoms. The summed E-state index contributed by atoms with van der Waals surface area (Å²) in [6.45, 7) is 0.712. The van der Waals surface area contributed by atoms with Gasteiger partial charge in [0.05, 0.1) is 22.6 Å².